The number of hydrogen-bond donors (Lipinski definition) is 6. The number of rotatable bonds is 7. The number of likely N-dealkylation sites (N-methyl/N-ethyl adjacent to an activating group) is 1. The standard InChI is InChI=1S/C28H47F6N9O/c1-14-37-21(16-8-9-16)20(25(38-14)44-3)22-36-10-18-24(40-22)42(26(35)43(18)13-27(29,30)31)11-15-4-6-17(7-5-15)23-39-19(12-41(23)2)28(32,33)34/h14-25,35-40H,4-13H2,1-3H3. The van der Waals surface area contributed by atoms with Crippen molar-refractivity contribution in [3.63, 3.8) is 0 Å². The van der Waals surface area contributed by atoms with Gasteiger partial charge in [0.15, 0.2) is 5.96 Å². The predicted molar refractivity (Wildman–Crippen MR) is 151 cm³/mol. The highest BCUT2D eigenvalue weighted by Crippen LogP contribution is 2.41. The molecular formula is C28H47F6N9O. The molecule has 44 heavy (non-hydrogen) atoms. The third kappa shape index (κ3) is 6.67. The first-order chi connectivity index (χ1) is 20.7. The van der Waals surface area contributed by atoms with Crippen LogP contribution in [0.1, 0.15) is 45.4 Å². The summed E-state index contributed by atoms with van der Waals surface area (Å²) in [5, 5.41) is 25.9. The van der Waals surface area contributed by atoms with Crippen LogP contribution in [0.4, 0.5) is 26.3 Å². The Labute approximate surface area is 254 Å². The summed E-state index contributed by atoms with van der Waals surface area (Å²) in [5.74, 6) is 0.553. The maximum atomic E-state index is 13.7. The van der Waals surface area contributed by atoms with Crippen LogP contribution >= 0.6 is 0 Å². The van der Waals surface area contributed by atoms with Gasteiger partial charge in [0, 0.05) is 38.7 Å². The van der Waals surface area contributed by atoms with Gasteiger partial charge in [-0.05, 0) is 70.3 Å². The first kappa shape index (κ1) is 32.5. The topological polar surface area (TPSA) is 103 Å². The fraction of sp³-hybridized carbons (Fsp3) is 0.964. The van der Waals surface area contributed by atoms with Crippen LogP contribution in [0.2, 0.25) is 0 Å². The number of halogens is 6. The summed E-state index contributed by atoms with van der Waals surface area (Å²) < 4.78 is 86.9. The van der Waals surface area contributed by atoms with Crippen molar-refractivity contribution in [3.05, 3.63) is 0 Å². The van der Waals surface area contributed by atoms with E-state index in [2.05, 4.69) is 33.5 Å². The summed E-state index contributed by atoms with van der Waals surface area (Å²) >= 11 is 0. The monoisotopic (exact) mass is 639 g/mol. The molecule has 9 atom stereocenters. The molecule has 0 bridgehead atoms. The van der Waals surface area contributed by atoms with Crippen LogP contribution in [0.25, 0.3) is 0 Å². The number of nitrogens with one attached hydrogen (secondary N) is 6. The molecule has 0 aromatic carbocycles. The zero-order valence-electron chi connectivity index (χ0n) is 25.5. The predicted octanol–water partition coefficient (Wildman–Crippen LogP) is 1.82. The van der Waals surface area contributed by atoms with Gasteiger partial charge in [-0.15, -0.1) is 0 Å². The molecule has 0 spiro atoms. The molecule has 9 unspecified atom stereocenters. The lowest BCUT2D eigenvalue weighted by Crippen LogP contribution is -2.74. The minimum absolute atomic E-state index is 0.0239. The summed E-state index contributed by atoms with van der Waals surface area (Å²) in [6.07, 6.45) is -4.82. The van der Waals surface area contributed by atoms with E-state index in [9.17, 15) is 26.3 Å². The molecule has 2 saturated carbocycles. The van der Waals surface area contributed by atoms with Crippen molar-refractivity contribution in [2.75, 3.05) is 40.3 Å². The molecule has 4 saturated heterocycles. The van der Waals surface area contributed by atoms with E-state index in [0.29, 0.717) is 19.0 Å². The van der Waals surface area contributed by atoms with Crippen molar-refractivity contribution in [1.82, 2.24) is 41.3 Å². The van der Waals surface area contributed by atoms with Gasteiger partial charge in [0.25, 0.3) is 0 Å². The number of methoxy groups -OCH3 is 1. The van der Waals surface area contributed by atoms with Gasteiger partial charge in [-0.25, -0.2) is 0 Å². The van der Waals surface area contributed by atoms with E-state index < -0.39 is 37.1 Å². The van der Waals surface area contributed by atoms with Crippen molar-refractivity contribution in [2.24, 2.45) is 23.7 Å². The average molecular weight is 640 g/mol. The molecule has 6 aliphatic rings. The van der Waals surface area contributed by atoms with Crippen molar-refractivity contribution in [1.29, 1.82) is 5.41 Å². The highest BCUT2D eigenvalue weighted by atomic mass is 19.4. The van der Waals surface area contributed by atoms with Crippen LogP contribution in [0, 0.1) is 29.1 Å². The third-order valence-corrected chi connectivity index (χ3v) is 10.8. The van der Waals surface area contributed by atoms with Gasteiger partial charge in [-0.2, -0.15) is 26.3 Å². The Hall–Kier alpha value is -1.43. The van der Waals surface area contributed by atoms with Gasteiger partial charge < -0.3 is 14.5 Å². The molecule has 0 aromatic heterocycles. The van der Waals surface area contributed by atoms with Crippen LogP contribution in [0.5, 0.6) is 0 Å². The molecule has 10 nitrogen and oxygen atoms in total. The number of ether oxygens (including phenoxy) is 1. The van der Waals surface area contributed by atoms with Crippen molar-refractivity contribution in [2.45, 2.75) is 107 Å². The molecule has 6 fully saturated rings. The van der Waals surface area contributed by atoms with E-state index in [1.54, 1.807) is 24.0 Å². The number of guanidine groups is 1. The van der Waals surface area contributed by atoms with Gasteiger partial charge in [0.2, 0.25) is 0 Å². The number of nitrogens with zero attached hydrogens (tertiary/aromatic N) is 3. The Balaban J connectivity index is 1.14. The zero-order valence-corrected chi connectivity index (χ0v) is 25.5. The second kappa shape index (κ2) is 12.3. The van der Waals surface area contributed by atoms with Gasteiger partial charge >= 0.3 is 12.4 Å². The Bertz CT molecular complexity index is 1020. The molecular weight excluding hydrogens is 592 g/mol. The minimum atomic E-state index is -4.46. The van der Waals surface area contributed by atoms with Crippen LogP contribution in [-0.2, 0) is 4.74 Å². The van der Waals surface area contributed by atoms with Crippen LogP contribution in [-0.4, -0.2) is 122 Å². The van der Waals surface area contributed by atoms with Gasteiger partial charge in [0.05, 0.1) is 24.5 Å². The first-order valence-corrected chi connectivity index (χ1v) is 16.0. The minimum Gasteiger partial charge on any atom is -0.366 e. The van der Waals surface area contributed by atoms with Gasteiger partial charge in [-0.1, -0.05) is 0 Å². The molecule has 2 aliphatic carbocycles. The smallest absolute Gasteiger partial charge is 0.366 e. The number of fused-ring (bicyclic) bond motifs is 1. The van der Waals surface area contributed by atoms with Crippen LogP contribution in [0.15, 0.2) is 0 Å². The van der Waals surface area contributed by atoms with Crippen molar-refractivity contribution >= 4 is 5.96 Å². The molecule has 6 rings (SSSR count). The Kier molecular flexibility index (Phi) is 9.09. The quantitative estimate of drug-likeness (QED) is 0.233. The summed E-state index contributed by atoms with van der Waals surface area (Å²) in [4.78, 5) is 4.71. The Morgan fingerprint density at radius 2 is 1.57 bits per heavy atom. The van der Waals surface area contributed by atoms with E-state index in [1.165, 1.54) is 0 Å². The number of hydrogen-bond acceptors (Lipinski definition) is 8. The molecule has 0 aromatic rings. The molecule has 4 aliphatic heterocycles. The molecule has 4 heterocycles. The number of alkyl halides is 6. The highest BCUT2D eigenvalue weighted by Gasteiger charge is 2.55. The normalized spacial score (nSPS) is 42.7. The third-order valence-electron chi connectivity index (χ3n) is 10.8. The van der Waals surface area contributed by atoms with E-state index in [0.717, 1.165) is 43.4 Å². The second-order valence-corrected chi connectivity index (χ2v) is 13.9. The Morgan fingerprint density at radius 1 is 0.886 bits per heavy atom. The van der Waals surface area contributed by atoms with Crippen molar-refractivity contribution < 1.29 is 31.1 Å². The lowest BCUT2D eigenvalue weighted by molar-refractivity contribution is -0.150. The first-order valence-electron chi connectivity index (χ1n) is 16.0. The Morgan fingerprint density at radius 3 is 2.16 bits per heavy atom. The average Bonchev–Trinajstić information content (AvgIpc) is 3.68. The van der Waals surface area contributed by atoms with Gasteiger partial charge in [0.1, 0.15) is 25.0 Å². The second-order valence-electron chi connectivity index (χ2n) is 13.9. The molecule has 252 valence electrons. The SMILES string of the molecule is COC1NC(C)NC(C2CC2)C1C1NCC2C(N1)N(CC1CCC(C3NC(C(F)(F)F)CN3C)CC1)C(=N)N2CC(F)(F)F. The summed E-state index contributed by atoms with van der Waals surface area (Å²) in [5.41, 5.74) is 0. The summed E-state index contributed by atoms with van der Waals surface area (Å²) in [6, 6.07) is -1.94. The fourth-order valence-electron chi connectivity index (χ4n) is 8.53. The maximum absolute atomic E-state index is 13.7. The maximum Gasteiger partial charge on any atom is 0.406 e. The van der Waals surface area contributed by atoms with E-state index in [-0.39, 0.29) is 61.0 Å². The summed E-state index contributed by atoms with van der Waals surface area (Å²) in [7, 11) is 3.38. The van der Waals surface area contributed by atoms with E-state index in [1.807, 2.05) is 0 Å². The fourth-order valence-corrected chi connectivity index (χ4v) is 8.53. The summed E-state index contributed by atoms with van der Waals surface area (Å²) in [6.45, 7) is 1.50. The van der Waals surface area contributed by atoms with Crippen molar-refractivity contribution in [3.8, 4) is 0 Å². The van der Waals surface area contributed by atoms with Gasteiger partial charge in [-0.3, -0.25) is 36.9 Å². The zero-order chi connectivity index (χ0) is 31.6. The lowest BCUT2D eigenvalue weighted by atomic mass is 9.80. The molecule has 16 heteroatoms. The molecule has 0 amide bonds. The lowest BCUT2D eigenvalue weighted by Gasteiger charge is -2.49. The van der Waals surface area contributed by atoms with Crippen LogP contribution in [0.3, 0.4) is 0 Å². The van der Waals surface area contributed by atoms with E-state index >= 15 is 0 Å². The largest absolute Gasteiger partial charge is 0.406 e. The molecule has 6 N–H and O–H groups in total. The van der Waals surface area contributed by atoms with Crippen LogP contribution < -0.4 is 26.6 Å². The molecule has 0 radical (unpaired) electrons. The highest BCUT2D eigenvalue weighted by molar-refractivity contribution is 5.80. The van der Waals surface area contributed by atoms with E-state index in [4.69, 9.17) is 10.1 Å².